The van der Waals surface area contributed by atoms with Crippen molar-refractivity contribution in [3.8, 4) is 0 Å². The quantitative estimate of drug-likeness (QED) is 0.492. The van der Waals surface area contributed by atoms with E-state index in [1.807, 2.05) is 0 Å². The van der Waals surface area contributed by atoms with Crippen LogP contribution in [0.25, 0.3) is 0 Å². The fourth-order valence-electron chi connectivity index (χ4n) is 1.16. The van der Waals surface area contributed by atoms with Crippen LogP contribution in [0.1, 0.15) is 39.0 Å². The van der Waals surface area contributed by atoms with Gasteiger partial charge in [0.15, 0.2) is 0 Å². The molecule has 2 amide bonds. The van der Waals surface area contributed by atoms with Gasteiger partial charge in [-0.2, -0.15) is 0 Å². The average Bonchev–Trinajstić information content (AvgIpc) is 2.20. The monoisotopic (exact) mass is 215 g/mol. The summed E-state index contributed by atoms with van der Waals surface area (Å²) < 4.78 is 0. The molecule has 0 heterocycles. The van der Waals surface area contributed by atoms with Crippen LogP contribution in [0.3, 0.4) is 0 Å². The molecule has 5 heteroatoms. The zero-order valence-electron chi connectivity index (χ0n) is 9.29. The Balaban J connectivity index is 3.51. The number of nitrogens with two attached hydrogens (primary N) is 2. The lowest BCUT2D eigenvalue weighted by Gasteiger charge is -2.11. The SMILES string of the molecule is CCCCC(N)C(=O)NCCCC(N)=O. The van der Waals surface area contributed by atoms with Gasteiger partial charge in [0.2, 0.25) is 11.8 Å². The predicted molar refractivity (Wildman–Crippen MR) is 58.9 cm³/mol. The summed E-state index contributed by atoms with van der Waals surface area (Å²) in [7, 11) is 0. The molecule has 15 heavy (non-hydrogen) atoms. The lowest BCUT2D eigenvalue weighted by Crippen LogP contribution is -2.41. The number of hydrogen-bond acceptors (Lipinski definition) is 3. The highest BCUT2D eigenvalue weighted by Gasteiger charge is 2.11. The number of hydrogen-bond donors (Lipinski definition) is 3. The van der Waals surface area contributed by atoms with Gasteiger partial charge < -0.3 is 16.8 Å². The Morgan fingerprint density at radius 1 is 1.33 bits per heavy atom. The van der Waals surface area contributed by atoms with Crippen LogP contribution in [0.5, 0.6) is 0 Å². The van der Waals surface area contributed by atoms with E-state index in [0.29, 0.717) is 25.8 Å². The largest absolute Gasteiger partial charge is 0.370 e. The Kier molecular flexibility index (Phi) is 7.62. The van der Waals surface area contributed by atoms with E-state index in [2.05, 4.69) is 12.2 Å². The van der Waals surface area contributed by atoms with E-state index in [1.54, 1.807) is 0 Å². The fourth-order valence-corrected chi connectivity index (χ4v) is 1.16. The maximum atomic E-state index is 11.3. The van der Waals surface area contributed by atoms with Crippen molar-refractivity contribution in [1.29, 1.82) is 0 Å². The second kappa shape index (κ2) is 8.23. The molecular formula is C10H21N3O2. The Labute approximate surface area is 90.6 Å². The third kappa shape index (κ3) is 7.93. The Hall–Kier alpha value is -1.10. The third-order valence-corrected chi connectivity index (χ3v) is 2.10. The first-order valence-corrected chi connectivity index (χ1v) is 5.39. The summed E-state index contributed by atoms with van der Waals surface area (Å²) in [5.41, 5.74) is 10.6. The minimum absolute atomic E-state index is 0.145. The number of nitrogens with one attached hydrogen (secondary N) is 1. The van der Waals surface area contributed by atoms with Crippen LogP contribution in [-0.4, -0.2) is 24.4 Å². The number of primary amides is 1. The van der Waals surface area contributed by atoms with Crippen molar-refractivity contribution >= 4 is 11.8 Å². The van der Waals surface area contributed by atoms with Gasteiger partial charge in [-0.1, -0.05) is 19.8 Å². The van der Waals surface area contributed by atoms with Gasteiger partial charge in [-0.15, -0.1) is 0 Å². The molecule has 1 atom stereocenters. The molecule has 5 N–H and O–H groups in total. The van der Waals surface area contributed by atoms with Gasteiger partial charge >= 0.3 is 0 Å². The van der Waals surface area contributed by atoms with Crippen LogP contribution in [0.15, 0.2) is 0 Å². The van der Waals surface area contributed by atoms with E-state index in [4.69, 9.17) is 11.5 Å². The van der Waals surface area contributed by atoms with E-state index in [0.717, 1.165) is 12.8 Å². The Bertz CT molecular complexity index is 207. The fraction of sp³-hybridized carbons (Fsp3) is 0.800. The zero-order chi connectivity index (χ0) is 11.7. The van der Waals surface area contributed by atoms with Crippen LogP contribution in [0.4, 0.5) is 0 Å². The third-order valence-electron chi connectivity index (χ3n) is 2.10. The molecule has 0 aliphatic heterocycles. The minimum atomic E-state index is -0.432. The van der Waals surface area contributed by atoms with Crippen LogP contribution in [-0.2, 0) is 9.59 Å². The number of carbonyl (C=O) groups is 2. The second-order valence-electron chi connectivity index (χ2n) is 3.61. The van der Waals surface area contributed by atoms with Crippen LogP contribution < -0.4 is 16.8 Å². The number of carbonyl (C=O) groups excluding carboxylic acids is 2. The topological polar surface area (TPSA) is 98.2 Å². The summed E-state index contributed by atoms with van der Waals surface area (Å²) >= 11 is 0. The molecular weight excluding hydrogens is 194 g/mol. The van der Waals surface area contributed by atoms with Crippen molar-refractivity contribution < 1.29 is 9.59 Å². The summed E-state index contributed by atoms with van der Waals surface area (Å²) in [6, 6.07) is -0.432. The average molecular weight is 215 g/mol. The summed E-state index contributed by atoms with van der Waals surface area (Å²) in [6.45, 7) is 2.51. The first-order chi connectivity index (χ1) is 7.07. The number of unbranched alkanes of at least 4 members (excludes halogenated alkanes) is 1. The summed E-state index contributed by atoms with van der Waals surface area (Å²) in [5, 5.41) is 2.67. The highest BCUT2D eigenvalue weighted by Crippen LogP contribution is 1.98. The molecule has 0 aromatic heterocycles. The van der Waals surface area contributed by atoms with E-state index >= 15 is 0 Å². The predicted octanol–water partition coefficient (Wildman–Crippen LogP) is -0.114. The first-order valence-electron chi connectivity index (χ1n) is 5.39. The van der Waals surface area contributed by atoms with Crippen molar-refractivity contribution in [2.24, 2.45) is 11.5 Å². The molecule has 0 aliphatic carbocycles. The molecule has 0 radical (unpaired) electrons. The molecule has 0 saturated heterocycles. The molecule has 0 aromatic rings. The van der Waals surface area contributed by atoms with E-state index < -0.39 is 6.04 Å². The smallest absolute Gasteiger partial charge is 0.236 e. The normalized spacial score (nSPS) is 12.1. The lowest BCUT2D eigenvalue weighted by molar-refractivity contribution is -0.123. The number of rotatable bonds is 8. The molecule has 0 saturated carbocycles. The van der Waals surface area contributed by atoms with Gasteiger partial charge in [-0.3, -0.25) is 9.59 Å². The molecule has 0 aromatic carbocycles. The van der Waals surface area contributed by atoms with Crippen LogP contribution in [0.2, 0.25) is 0 Å². The molecule has 88 valence electrons. The van der Waals surface area contributed by atoms with Gasteiger partial charge in [0, 0.05) is 13.0 Å². The van der Waals surface area contributed by atoms with Crippen LogP contribution in [0, 0.1) is 0 Å². The van der Waals surface area contributed by atoms with Crippen molar-refractivity contribution in [2.45, 2.75) is 45.1 Å². The Morgan fingerprint density at radius 2 is 2.00 bits per heavy atom. The highest BCUT2D eigenvalue weighted by atomic mass is 16.2. The highest BCUT2D eigenvalue weighted by molar-refractivity contribution is 5.81. The maximum Gasteiger partial charge on any atom is 0.236 e. The Morgan fingerprint density at radius 3 is 2.53 bits per heavy atom. The van der Waals surface area contributed by atoms with Gasteiger partial charge in [0.1, 0.15) is 0 Å². The second-order valence-corrected chi connectivity index (χ2v) is 3.61. The number of amides is 2. The van der Waals surface area contributed by atoms with Gasteiger partial charge in [0.05, 0.1) is 6.04 Å². The van der Waals surface area contributed by atoms with Crippen molar-refractivity contribution in [3.05, 3.63) is 0 Å². The molecule has 0 aliphatic rings. The minimum Gasteiger partial charge on any atom is -0.370 e. The summed E-state index contributed by atoms with van der Waals surface area (Å²) in [5.74, 6) is -0.493. The zero-order valence-corrected chi connectivity index (χ0v) is 9.29. The molecule has 0 spiro atoms. The molecule has 0 fully saturated rings. The maximum absolute atomic E-state index is 11.3. The standard InChI is InChI=1S/C10H21N3O2/c1-2-3-5-8(11)10(15)13-7-4-6-9(12)14/h8H,2-7,11H2,1H3,(H2,12,14)(H,13,15). The molecule has 5 nitrogen and oxygen atoms in total. The first kappa shape index (κ1) is 13.9. The summed E-state index contributed by atoms with van der Waals surface area (Å²) in [4.78, 5) is 21.7. The lowest BCUT2D eigenvalue weighted by atomic mass is 10.1. The molecule has 1 unspecified atom stereocenters. The summed E-state index contributed by atoms with van der Waals surface area (Å²) in [6.07, 6.45) is 3.56. The van der Waals surface area contributed by atoms with E-state index in [9.17, 15) is 9.59 Å². The molecule has 0 rings (SSSR count). The molecule has 0 bridgehead atoms. The van der Waals surface area contributed by atoms with E-state index in [-0.39, 0.29) is 11.8 Å². The van der Waals surface area contributed by atoms with Gasteiger partial charge in [0.25, 0.3) is 0 Å². The van der Waals surface area contributed by atoms with E-state index in [1.165, 1.54) is 0 Å². The van der Waals surface area contributed by atoms with Gasteiger partial charge in [-0.25, -0.2) is 0 Å². The van der Waals surface area contributed by atoms with Crippen LogP contribution >= 0.6 is 0 Å². The van der Waals surface area contributed by atoms with Crippen molar-refractivity contribution in [3.63, 3.8) is 0 Å². The van der Waals surface area contributed by atoms with Gasteiger partial charge in [-0.05, 0) is 12.8 Å². The van der Waals surface area contributed by atoms with Crippen molar-refractivity contribution in [2.75, 3.05) is 6.54 Å². The van der Waals surface area contributed by atoms with Crippen molar-refractivity contribution in [1.82, 2.24) is 5.32 Å².